The summed E-state index contributed by atoms with van der Waals surface area (Å²) in [5.41, 5.74) is 5.75. The van der Waals surface area contributed by atoms with E-state index in [0.717, 1.165) is 0 Å². The minimum Gasteiger partial charge on any atom is -0.495 e. The Morgan fingerprint density at radius 1 is 1.32 bits per heavy atom. The van der Waals surface area contributed by atoms with Crippen LogP contribution in [0.2, 0.25) is 0 Å². The number of halogens is 2. The maximum absolute atomic E-state index is 14.1. The highest BCUT2D eigenvalue weighted by Crippen LogP contribution is 2.44. The van der Waals surface area contributed by atoms with Crippen molar-refractivity contribution in [2.45, 2.75) is 45.1 Å². The number of aromatic nitrogens is 2. The van der Waals surface area contributed by atoms with Crippen molar-refractivity contribution in [1.29, 1.82) is 0 Å². The predicted molar refractivity (Wildman–Crippen MR) is 124 cm³/mol. The maximum atomic E-state index is 14.1. The summed E-state index contributed by atoms with van der Waals surface area (Å²) in [5, 5.41) is 3.06. The third-order valence-electron chi connectivity index (χ3n) is 6.38. The lowest BCUT2D eigenvalue weighted by Gasteiger charge is -2.34. The summed E-state index contributed by atoms with van der Waals surface area (Å²) >= 11 is 0. The second-order valence-corrected chi connectivity index (χ2v) is 9.44. The highest BCUT2D eigenvalue weighted by Gasteiger charge is 2.47. The summed E-state index contributed by atoms with van der Waals surface area (Å²) in [6.07, 6.45) is 1.31. The van der Waals surface area contributed by atoms with Crippen LogP contribution >= 0.6 is 0 Å². The van der Waals surface area contributed by atoms with E-state index in [9.17, 15) is 18.4 Å². The van der Waals surface area contributed by atoms with Crippen molar-refractivity contribution >= 4 is 35.0 Å². The van der Waals surface area contributed by atoms with Gasteiger partial charge < -0.3 is 25.6 Å². The van der Waals surface area contributed by atoms with Crippen LogP contribution in [0.15, 0.2) is 24.4 Å². The van der Waals surface area contributed by atoms with Gasteiger partial charge in [-0.05, 0) is 38.5 Å². The van der Waals surface area contributed by atoms with Crippen LogP contribution in [0.25, 0.3) is 0 Å². The number of amides is 2. The van der Waals surface area contributed by atoms with Crippen molar-refractivity contribution in [3.63, 3.8) is 0 Å². The third kappa shape index (κ3) is 4.34. The van der Waals surface area contributed by atoms with Crippen LogP contribution in [0.5, 0.6) is 5.75 Å². The number of nitrogens with two attached hydrogens (primary N) is 1. The van der Waals surface area contributed by atoms with Gasteiger partial charge in [-0.25, -0.2) is 13.8 Å². The lowest BCUT2D eigenvalue weighted by Crippen LogP contribution is -2.45. The van der Waals surface area contributed by atoms with Crippen LogP contribution in [0.3, 0.4) is 0 Å². The zero-order chi connectivity index (χ0) is 24.8. The van der Waals surface area contributed by atoms with Crippen molar-refractivity contribution in [1.82, 2.24) is 9.97 Å². The van der Waals surface area contributed by atoms with Gasteiger partial charge in [0, 0.05) is 38.0 Å². The van der Waals surface area contributed by atoms with Crippen LogP contribution in [0.1, 0.15) is 43.5 Å². The number of hydrogen-bond donors (Lipinski definition) is 2. The van der Waals surface area contributed by atoms with Gasteiger partial charge >= 0.3 is 0 Å². The van der Waals surface area contributed by atoms with Crippen LogP contribution in [-0.2, 0) is 4.79 Å². The molecule has 0 bridgehead atoms. The Morgan fingerprint density at radius 3 is 2.68 bits per heavy atom. The number of hydrogen-bond acceptors (Lipinski definition) is 7. The smallest absolute Gasteiger partial charge is 0.250 e. The highest BCUT2D eigenvalue weighted by molar-refractivity contribution is 6.01. The summed E-state index contributed by atoms with van der Waals surface area (Å²) in [6, 6.07) is 4.19. The molecule has 9 nitrogen and oxygen atoms in total. The molecule has 2 amide bonds. The molecule has 3 N–H and O–H groups in total. The molecule has 11 heteroatoms. The zero-order valence-electron chi connectivity index (χ0n) is 19.6. The van der Waals surface area contributed by atoms with Gasteiger partial charge in [0.25, 0.3) is 0 Å². The van der Waals surface area contributed by atoms with Crippen LogP contribution < -0.4 is 25.6 Å². The molecule has 1 aliphatic carbocycles. The fourth-order valence-electron chi connectivity index (χ4n) is 4.57. The minimum atomic E-state index is -2.75. The molecule has 182 valence electrons. The Balaban J connectivity index is 1.75. The van der Waals surface area contributed by atoms with E-state index in [-0.39, 0.29) is 36.8 Å². The second-order valence-electron chi connectivity index (χ2n) is 9.44. The van der Waals surface area contributed by atoms with E-state index in [1.165, 1.54) is 24.3 Å². The molecule has 1 fully saturated rings. The summed E-state index contributed by atoms with van der Waals surface area (Å²) < 4.78 is 33.6. The molecular formula is C23H28F2N6O3. The van der Waals surface area contributed by atoms with Gasteiger partial charge in [-0.2, -0.15) is 4.98 Å². The number of fused-ring (bicyclic) bond motifs is 1. The van der Waals surface area contributed by atoms with E-state index >= 15 is 0 Å². The first-order chi connectivity index (χ1) is 15.9. The number of ether oxygens (including phenoxy) is 1. The number of carbonyl (C=O) groups excluding carboxylic acids is 2. The molecule has 1 atom stereocenters. The first kappa shape index (κ1) is 23.7. The number of benzene rings is 1. The molecule has 0 saturated heterocycles. The van der Waals surface area contributed by atoms with Gasteiger partial charge in [-0.1, -0.05) is 0 Å². The van der Waals surface area contributed by atoms with Crippen LogP contribution in [-0.4, -0.2) is 54.4 Å². The molecule has 4 rings (SSSR count). The number of alkyl halides is 2. The quantitative estimate of drug-likeness (QED) is 0.683. The second kappa shape index (κ2) is 8.37. The Bertz CT molecular complexity index is 1140. The Morgan fingerprint density at radius 2 is 2.06 bits per heavy atom. The fourth-order valence-corrected chi connectivity index (χ4v) is 4.57. The molecule has 0 radical (unpaired) electrons. The SMILES string of the molecule is COc1cc(C(N)=O)ccc1Nc1ncc2c(n1)N(C1CCC(F)(F)C1)CC(C)(C)C(=O)N2C. The van der Waals surface area contributed by atoms with E-state index in [2.05, 4.69) is 15.3 Å². The van der Waals surface area contributed by atoms with Gasteiger partial charge in [-0.15, -0.1) is 0 Å². The summed E-state index contributed by atoms with van der Waals surface area (Å²) in [7, 11) is 3.09. The lowest BCUT2D eigenvalue weighted by atomic mass is 9.91. The number of carbonyl (C=O) groups is 2. The van der Waals surface area contributed by atoms with Crippen LogP contribution in [0.4, 0.5) is 31.9 Å². The predicted octanol–water partition coefficient (Wildman–Crippen LogP) is 3.32. The minimum absolute atomic E-state index is 0.144. The van der Waals surface area contributed by atoms with Gasteiger partial charge in [0.15, 0.2) is 5.82 Å². The van der Waals surface area contributed by atoms with Crippen molar-refractivity contribution in [3.05, 3.63) is 30.0 Å². The molecule has 2 aliphatic rings. The Hall–Kier alpha value is -3.50. The maximum Gasteiger partial charge on any atom is 0.250 e. The molecule has 1 aromatic carbocycles. The van der Waals surface area contributed by atoms with Crippen molar-refractivity contribution in [2.24, 2.45) is 11.1 Å². The normalized spacial score (nSPS) is 21.1. The number of primary amides is 1. The first-order valence-corrected chi connectivity index (χ1v) is 11.0. The summed E-state index contributed by atoms with van der Waals surface area (Å²) in [5.74, 6) is -2.52. The average Bonchev–Trinajstić information content (AvgIpc) is 3.12. The fraction of sp³-hybridized carbons (Fsp3) is 0.478. The number of anilines is 4. The lowest BCUT2D eigenvalue weighted by molar-refractivity contribution is -0.125. The first-order valence-electron chi connectivity index (χ1n) is 11.0. The topological polar surface area (TPSA) is 114 Å². The number of rotatable bonds is 5. The monoisotopic (exact) mass is 474 g/mol. The van der Waals surface area contributed by atoms with Gasteiger partial charge in [-0.3, -0.25) is 9.59 Å². The molecule has 2 heterocycles. The standard InChI is InChI=1S/C23H28F2N6O3/c1-22(2)12-31(14-7-8-23(24,25)10-14)19-16(30(3)20(22)33)11-27-21(29-19)28-15-6-5-13(18(26)32)9-17(15)34-4/h5-6,9,11,14H,7-8,10,12H2,1-4H3,(H2,26,32)(H,27,28,29). The number of nitrogens with one attached hydrogen (secondary N) is 1. The van der Waals surface area contributed by atoms with E-state index in [1.807, 2.05) is 4.90 Å². The molecular weight excluding hydrogens is 446 g/mol. The van der Waals surface area contributed by atoms with Gasteiger partial charge in [0.05, 0.1) is 24.4 Å². The van der Waals surface area contributed by atoms with E-state index in [0.29, 0.717) is 29.4 Å². The molecule has 1 saturated carbocycles. The summed E-state index contributed by atoms with van der Waals surface area (Å²) in [4.78, 5) is 36.9. The summed E-state index contributed by atoms with van der Waals surface area (Å²) in [6.45, 7) is 3.85. The zero-order valence-corrected chi connectivity index (χ0v) is 19.6. The average molecular weight is 475 g/mol. The highest BCUT2D eigenvalue weighted by atomic mass is 19.3. The number of methoxy groups -OCH3 is 1. The largest absolute Gasteiger partial charge is 0.495 e. The molecule has 1 unspecified atom stereocenters. The van der Waals surface area contributed by atoms with Crippen LogP contribution in [0, 0.1) is 5.41 Å². The van der Waals surface area contributed by atoms with Crippen molar-refractivity contribution < 1.29 is 23.1 Å². The van der Waals surface area contributed by atoms with Gasteiger partial charge in [0.2, 0.25) is 23.7 Å². The van der Waals surface area contributed by atoms with Crippen molar-refractivity contribution in [2.75, 3.05) is 35.8 Å². The molecule has 1 aromatic heterocycles. The Labute approximate surface area is 196 Å². The van der Waals surface area contributed by atoms with E-state index < -0.39 is 23.3 Å². The molecule has 34 heavy (non-hydrogen) atoms. The molecule has 1 aliphatic heterocycles. The molecule has 0 spiro atoms. The third-order valence-corrected chi connectivity index (χ3v) is 6.38. The van der Waals surface area contributed by atoms with Crippen molar-refractivity contribution in [3.8, 4) is 5.75 Å². The van der Waals surface area contributed by atoms with Gasteiger partial charge in [0.1, 0.15) is 11.4 Å². The molecule has 2 aromatic rings. The Kier molecular flexibility index (Phi) is 5.82. The van der Waals surface area contributed by atoms with E-state index in [4.69, 9.17) is 10.5 Å². The number of nitrogens with zero attached hydrogens (tertiary/aromatic N) is 4. The van der Waals surface area contributed by atoms with E-state index in [1.54, 1.807) is 33.0 Å².